The van der Waals surface area contributed by atoms with Crippen LogP contribution in [0.5, 0.6) is 5.75 Å². The Morgan fingerprint density at radius 3 is 2.68 bits per heavy atom. The van der Waals surface area contributed by atoms with Gasteiger partial charge >= 0.3 is 0 Å². The number of anilines is 1. The van der Waals surface area contributed by atoms with Crippen LogP contribution in [-0.4, -0.2) is 44.1 Å². The highest BCUT2D eigenvalue weighted by Gasteiger charge is 2.13. The number of hydrogen-bond acceptors (Lipinski definition) is 4. The molecule has 0 bridgehead atoms. The maximum atomic E-state index is 12.3. The average Bonchev–Trinajstić information content (AvgIpc) is 2.74. The van der Waals surface area contributed by atoms with Crippen molar-refractivity contribution in [3.63, 3.8) is 0 Å². The summed E-state index contributed by atoms with van der Waals surface area (Å²) in [6.07, 6.45) is 5.45. The molecule has 0 spiro atoms. The second-order valence-corrected chi connectivity index (χ2v) is 7.06. The number of carbonyl (C=O) groups is 1. The molecular formula is C23H29N3O2. The third-order valence-corrected chi connectivity index (χ3v) is 5.13. The lowest BCUT2D eigenvalue weighted by Gasteiger charge is -2.26. The molecule has 1 amide bonds. The number of ether oxygens (including phenoxy) is 1. The molecule has 28 heavy (non-hydrogen) atoms. The van der Waals surface area contributed by atoms with E-state index in [1.54, 1.807) is 25.3 Å². The summed E-state index contributed by atoms with van der Waals surface area (Å²) in [5.74, 6) is 0.522. The van der Waals surface area contributed by atoms with Crippen LogP contribution in [0.3, 0.4) is 0 Å². The molecule has 1 aliphatic heterocycles. The summed E-state index contributed by atoms with van der Waals surface area (Å²) in [6.45, 7) is 3.80. The SMILES string of the molecule is COc1ccc(C(=O)NCCCCN2CC=C(c3ccccc3)CC2)c(N)c1. The van der Waals surface area contributed by atoms with Gasteiger partial charge in [0.15, 0.2) is 0 Å². The lowest BCUT2D eigenvalue weighted by molar-refractivity contribution is 0.0953. The predicted molar refractivity (Wildman–Crippen MR) is 114 cm³/mol. The molecular weight excluding hydrogens is 350 g/mol. The van der Waals surface area contributed by atoms with Gasteiger partial charge in [-0.05, 0) is 49.1 Å². The number of nitrogens with zero attached hydrogens (tertiary/aromatic N) is 1. The first-order valence-corrected chi connectivity index (χ1v) is 9.86. The number of hydrogen-bond donors (Lipinski definition) is 2. The van der Waals surface area contributed by atoms with Crippen molar-refractivity contribution in [3.8, 4) is 5.75 Å². The lowest BCUT2D eigenvalue weighted by Crippen LogP contribution is -2.30. The van der Waals surface area contributed by atoms with E-state index in [0.29, 0.717) is 23.5 Å². The van der Waals surface area contributed by atoms with E-state index in [1.165, 1.54) is 11.1 Å². The van der Waals surface area contributed by atoms with Crippen LogP contribution in [0.2, 0.25) is 0 Å². The van der Waals surface area contributed by atoms with Gasteiger partial charge in [0.2, 0.25) is 0 Å². The summed E-state index contributed by atoms with van der Waals surface area (Å²) < 4.78 is 5.11. The van der Waals surface area contributed by atoms with Crippen LogP contribution in [0.15, 0.2) is 54.6 Å². The molecule has 5 nitrogen and oxygen atoms in total. The Bertz CT molecular complexity index is 818. The van der Waals surface area contributed by atoms with Crippen LogP contribution in [-0.2, 0) is 0 Å². The highest BCUT2D eigenvalue weighted by molar-refractivity contribution is 5.99. The van der Waals surface area contributed by atoms with Crippen LogP contribution in [0, 0.1) is 0 Å². The summed E-state index contributed by atoms with van der Waals surface area (Å²) in [4.78, 5) is 14.7. The number of methoxy groups -OCH3 is 1. The van der Waals surface area contributed by atoms with Gasteiger partial charge in [0.05, 0.1) is 12.7 Å². The zero-order valence-corrected chi connectivity index (χ0v) is 16.5. The van der Waals surface area contributed by atoms with Gasteiger partial charge in [0.25, 0.3) is 5.91 Å². The van der Waals surface area contributed by atoms with Crippen LogP contribution in [0.1, 0.15) is 35.2 Å². The zero-order valence-electron chi connectivity index (χ0n) is 16.5. The normalized spacial score (nSPS) is 14.4. The van der Waals surface area contributed by atoms with Crippen molar-refractivity contribution in [1.82, 2.24) is 10.2 Å². The van der Waals surface area contributed by atoms with E-state index in [4.69, 9.17) is 10.5 Å². The number of unbranched alkanes of at least 4 members (excludes halogenated alkanes) is 1. The Morgan fingerprint density at radius 2 is 2.00 bits per heavy atom. The van der Waals surface area contributed by atoms with E-state index >= 15 is 0 Å². The van der Waals surface area contributed by atoms with Gasteiger partial charge < -0.3 is 15.8 Å². The number of nitrogen functional groups attached to an aromatic ring is 1. The lowest BCUT2D eigenvalue weighted by atomic mass is 9.99. The van der Waals surface area contributed by atoms with Crippen molar-refractivity contribution in [2.45, 2.75) is 19.3 Å². The van der Waals surface area contributed by atoms with Crippen molar-refractivity contribution in [2.24, 2.45) is 0 Å². The van der Waals surface area contributed by atoms with Gasteiger partial charge in [-0.2, -0.15) is 0 Å². The minimum Gasteiger partial charge on any atom is -0.497 e. The molecule has 0 atom stereocenters. The van der Waals surface area contributed by atoms with E-state index < -0.39 is 0 Å². The molecule has 1 heterocycles. The van der Waals surface area contributed by atoms with Crippen LogP contribution in [0.4, 0.5) is 5.69 Å². The molecule has 2 aromatic carbocycles. The van der Waals surface area contributed by atoms with Crippen molar-refractivity contribution in [3.05, 3.63) is 65.7 Å². The molecule has 0 radical (unpaired) electrons. The van der Waals surface area contributed by atoms with Crippen LogP contribution >= 0.6 is 0 Å². The largest absolute Gasteiger partial charge is 0.497 e. The molecule has 5 heteroatoms. The quantitative estimate of drug-likeness (QED) is 0.543. The summed E-state index contributed by atoms with van der Waals surface area (Å²) in [5, 5.41) is 2.95. The molecule has 0 aliphatic carbocycles. The zero-order chi connectivity index (χ0) is 19.8. The second kappa shape index (κ2) is 9.95. The Kier molecular flexibility index (Phi) is 7.09. The number of nitrogens with two attached hydrogens (primary N) is 1. The molecule has 0 saturated heterocycles. The summed E-state index contributed by atoms with van der Waals surface area (Å²) in [6, 6.07) is 15.7. The maximum absolute atomic E-state index is 12.3. The van der Waals surface area contributed by atoms with Crippen LogP contribution < -0.4 is 15.8 Å². The highest BCUT2D eigenvalue weighted by Crippen LogP contribution is 2.22. The van der Waals surface area contributed by atoms with Crippen LogP contribution in [0.25, 0.3) is 5.57 Å². The van der Waals surface area contributed by atoms with Crippen molar-refractivity contribution < 1.29 is 9.53 Å². The monoisotopic (exact) mass is 379 g/mol. The first-order chi connectivity index (χ1) is 13.7. The fraction of sp³-hybridized carbons (Fsp3) is 0.348. The Labute approximate surface area is 167 Å². The van der Waals surface area contributed by atoms with Crippen molar-refractivity contribution in [2.75, 3.05) is 39.0 Å². The molecule has 2 aromatic rings. The molecule has 0 aromatic heterocycles. The number of benzene rings is 2. The standard InChI is InChI=1S/C23H29N3O2/c1-28-20-9-10-21(22(24)17-20)23(27)25-13-5-6-14-26-15-11-19(12-16-26)18-7-3-2-4-8-18/h2-4,7-11,17H,5-6,12-16,24H2,1H3,(H,25,27). The molecule has 0 unspecified atom stereocenters. The van der Waals surface area contributed by atoms with Gasteiger partial charge in [0, 0.05) is 31.4 Å². The van der Waals surface area contributed by atoms with Gasteiger partial charge in [-0.15, -0.1) is 0 Å². The highest BCUT2D eigenvalue weighted by atomic mass is 16.5. The minimum absolute atomic E-state index is 0.131. The first-order valence-electron chi connectivity index (χ1n) is 9.86. The third-order valence-electron chi connectivity index (χ3n) is 5.13. The number of nitrogens with one attached hydrogen (secondary N) is 1. The molecule has 0 saturated carbocycles. The number of amides is 1. The Hall–Kier alpha value is -2.79. The number of rotatable bonds is 8. The molecule has 3 rings (SSSR count). The first kappa shape index (κ1) is 20.0. The van der Waals surface area contributed by atoms with Crippen molar-refractivity contribution in [1.29, 1.82) is 0 Å². The smallest absolute Gasteiger partial charge is 0.253 e. The summed E-state index contributed by atoms with van der Waals surface area (Å²) in [7, 11) is 1.58. The van der Waals surface area contributed by atoms with Gasteiger partial charge in [-0.25, -0.2) is 0 Å². The second-order valence-electron chi connectivity index (χ2n) is 7.06. The molecule has 148 valence electrons. The van der Waals surface area contributed by atoms with E-state index in [2.05, 4.69) is 46.6 Å². The topological polar surface area (TPSA) is 67.6 Å². The summed E-state index contributed by atoms with van der Waals surface area (Å²) in [5.41, 5.74) is 9.64. The average molecular weight is 380 g/mol. The van der Waals surface area contributed by atoms with Crippen molar-refractivity contribution >= 4 is 17.2 Å². The minimum atomic E-state index is -0.131. The Morgan fingerprint density at radius 1 is 1.18 bits per heavy atom. The predicted octanol–water partition coefficient (Wildman–Crippen LogP) is 3.58. The molecule has 3 N–H and O–H groups in total. The van der Waals surface area contributed by atoms with E-state index in [1.807, 2.05) is 0 Å². The van der Waals surface area contributed by atoms with E-state index in [9.17, 15) is 4.79 Å². The molecule has 0 fully saturated rings. The summed E-state index contributed by atoms with van der Waals surface area (Å²) >= 11 is 0. The van der Waals surface area contributed by atoms with Gasteiger partial charge in [-0.1, -0.05) is 36.4 Å². The third kappa shape index (κ3) is 5.36. The maximum Gasteiger partial charge on any atom is 0.253 e. The fourth-order valence-corrected chi connectivity index (χ4v) is 3.46. The van der Waals surface area contributed by atoms with E-state index in [0.717, 1.165) is 38.9 Å². The molecule has 1 aliphatic rings. The number of carbonyl (C=O) groups excluding carboxylic acids is 1. The Balaban J connectivity index is 1.35. The van der Waals surface area contributed by atoms with Gasteiger partial charge in [0.1, 0.15) is 5.75 Å². The van der Waals surface area contributed by atoms with E-state index in [-0.39, 0.29) is 5.91 Å². The van der Waals surface area contributed by atoms with Gasteiger partial charge in [-0.3, -0.25) is 9.69 Å². The fourth-order valence-electron chi connectivity index (χ4n) is 3.46.